The van der Waals surface area contributed by atoms with Gasteiger partial charge >= 0.3 is 11.9 Å². The summed E-state index contributed by atoms with van der Waals surface area (Å²) >= 11 is 3.86. The molecule has 7 nitrogen and oxygen atoms in total. The second-order valence-corrected chi connectivity index (χ2v) is 4.76. The molecule has 0 aromatic heterocycles. The van der Waals surface area contributed by atoms with Gasteiger partial charge in [-0.25, -0.2) is 0 Å². The fourth-order valence-corrected chi connectivity index (χ4v) is 1.33. The SMILES string of the molecule is CC(CS)C(=O)OC(O)(O)CC(CO)(CO)CO. The topological polar surface area (TPSA) is 127 Å². The van der Waals surface area contributed by atoms with Crippen molar-refractivity contribution in [3.05, 3.63) is 0 Å². The molecule has 0 bridgehead atoms. The van der Waals surface area contributed by atoms with Gasteiger partial charge in [-0.3, -0.25) is 4.79 Å². The smallest absolute Gasteiger partial charge is 0.325 e. The molecule has 0 aliphatic carbocycles. The third-order valence-electron chi connectivity index (χ3n) is 2.55. The number of ether oxygens (including phenoxy) is 1. The lowest BCUT2D eigenvalue weighted by molar-refractivity contribution is -0.338. The van der Waals surface area contributed by atoms with Crippen molar-refractivity contribution >= 4 is 18.6 Å². The van der Waals surface area contributed by atoms with Gasteiger partial charge in [0.1, 0.15) is 0 Å². The van der Waals surface area contributed by atoms with Crippen LogP contribution in [-0.4, -0.2) is 63.0 Å². The Bertz CT molecular complexity index is 257. The van der Waals surface area contributed by atoms with E-state index in [1.165, 1.54) is 6.92 Å². The highest BCUT2D eigenvalue weighted by Crippen LogP contribution is 2.28. The molecule has 108 valence electrons. The Balaban J connectivity index is 4.68. The Morgan fingerprint density at radius 2 is 1.67 bits per heavy atom. The van der Waals surface area contributed by atoms with E-state index in [4.69, 9.17) is 15.3 Å². The molecule has 0 aromatic rings. The van der Waals surface area contributed by atoms with Crippen molar-refractivity contribution < 1.29 is 35.1 Å². The highest BCUT2D eigenvalue weighted by Gasteiger charge is 2.41. The Hall–Kier alpha value is -0.380. The lowest BCUT2D eigenvalue weighted by atomic mass is 9.86. The zero-order valence-electron chi connectivity index (χ0n) is 10.1. The average Bonchev–Trinajstić information content (AvgIpc) is 2.34. The number of thiol groups is 1. The minimum Gasteiger partial charge on any atom is -0.408 e. The van der Waals surface area contributed by atoms with Gasteiger partial charge in [0, 0.05) is 11.2 Å². The summed E-state index contributed by atoms with van der Waals surface area (Å²) in [5, 5.41) is 46.1. The van der Waals surface area contributed by atoms with E-state index in [0.29, 0.717) is 0 Å². The van der Waals surface area contributed by atoms with Gasteiger partial charge in [-0.2, -0.15) is 12.6 Å². The normalized spacial score (nSPS) is 14.4. The van der Waals surface area contributed by atoms with Gasteiger partial charge in [-0.15, -0.1) is 0 Å². The molecule has 0 aliphatic rings. The van der Waals surface area contributed by atoms with E-state index in [1.807, 2.05) is 0 Å². The second kappa shape index (κ2) is 7.27. The molecular formula is C10H20O7S. The highest BCUT2D eigenvalue weighted by atomic mass is 32.1. The van der Waals surface area contributed by atoms with Crippen LogP contribution in [0.25, 0.3) is 0 Å². The quantitative estimate of drug-likeness (QED) is 0.174. The van der Waals surface area contributed by atoms with Crippen LogP contribution in [-0.2, 0) is 9.53 Å². The average molecular weight is 284 g/mol. The van der Waals surface area contributed by atoms with Crippen LogP contribution in [0.15, 0.2) is 0 Å². The summed E-state index contributed by atoms with van der Waals surface area (Å²) in [6, 6.07) is 0. The van der Waals surface area contributed by atoms with Crippen molar-refractivity contribution in [1.82, 2.24) is 0 Å². The third-order valence-corrected chi connectivity index (χ3v) is 3.10. The maximum Gasteiger partial charge on any atom is 0.325 e. The van der Waals surface area contributed by atoms with E-state index in [0.717, 1.165) is 0 Å². The highest BCUT2D eigenvalue weighted by molar-refractivity contribution is 7.80. The maximum atomic E-state index is 11.4. The molecule has 0 rings (SSSR count). The van der Waals surface area contributed by atoms with Crippen LogP contribution < -0.4 is 0 Å². The molecule has 0 aliphatic heterocycles. The first-order valence-corrected chi connectivity index (χ1v) is 6.00. The maximum absolute atomic E-state index is 11.4. The number of esters is 1. The number of hydrogen-bond donors (Lipinski definition) is 6. The van der Waals surface area contributed by atoms with Crippen LogP contribution >= 0.6 is 12.6 Å². The van der Waals surface area contributed by atoms with Crippen molar-refractivity contribution in [2.24, 2.45) is 11.3 Å². The molecule has 0 saturated carbocycles. The predicted molar refractivity (Wildman–Crippen MR) is 64.6 cm³/mol. The summed E-state index contributed by atoms with van der Waals surface area (Å²) in [4.78, 5) is 11.4. The number of carbonyl (C=O) groups excluding carboxylic acids is 1. The van der Waals surface area contributed by atoms with E-state index in [2.05, 4.69) is 17.4 Å². The van der Waals surface area contributed by atoms with Crippen LogP contribution in [0.2, 0.25) is 0 Å². The van der Waals surface area contributed by atoms with E-state index in [9.17, 15) is 15.0 Å². The van der Waals surface area contributed by atoms with Gasteiger partial charge in [0.2, 0.25) is 0 Å². The van der Waals surface area contributed by atoms with Crippen molar-refractivity contribution in [3.8, 4) is 0 Å². The van der Waals surface area contributed by atoms with Gasteiger partial charge in [-0.1, -0.05) is 6.92 Å². The summed E-state index contributed by atoms with van der Waals surface area (Å²) < 4.78 is 4.44. The Morgan fingerprint density at radius 1 is 1.22 bits per heavy atom. The molecule has 8 heteroatoms. The standard InChI is InChI=1S/C10H20O7S/c1-7(2-18)8(14)17-10(15,16)3-9(4-11,5-12)6-13/h7,11-13,15-16,18H,2-6H2,1H3. The number of hydrogen-bond acceptors (Lipinski definition) is 8. The zero-order valence-corrected chi connectivity index (χ0v) is 11.0. The molecule has 0 saturated heterocycles. The monoisotopic (exact) mass is 284 g/mol. The summed E-state index contributed by atoms with van der Waals surface area (Å²) in [5.74, 6) is -4.22. The first-order chi connectivity index (χ1) is 8.25. The van der Waals surface area contributed by atoms with Gasteiger partial charge in [-0.05, 0) is 0 Å². The van der Waals surface area contributed by atoms with Crippen LogP contribution in [0, 0.1) is 11.3 Å². The fourth-order valence-electron chi connectivity index (χ4n) is 1.18. The number of aliphatic hydroxyl groups excluding tert-OH is 3. The van der Waals surface area contributed by atoms with Crippen LogP contribution in [0.5, 0.6) is 0 Å². The summed E-state index contributed by atoms with van der Waals surface area (Å²) in [5.41, 5.74) is -1.55. The van der Waals surface area contributed by atoms with E-state index in [-0.39, 0.29) is 5.75 Å². The molecular weight excluding hydrogens is 264 g/mol. The minimum atomic E-state index is -2.87. The molecule has 0 heterocycles. The lowest BCUT2D eigenvalue weighted by Gasteiger charge is -2.33. The Labute approximate surface area is 110 Å². The fraction of sp³-hybridized carbons (Fsp3) is 0.900. The van der Waals surface area contributed by atoms with Gasteiger partial charge in [0.15, 0.2) is 0 Å². The van der Waals surface area contributed by atoms with Crippen molar-refractivity contribution in [2.75, 3.05) is 25.6 Å². The number of aliphatic hydroxyl groups is 5. The van der Waals surface area contributed by atoms with Crippen LogP contribution in [0.1, 0.15) is 13.3 Å². The summed E-state index contributed by atoms with van der Waals surface area (Å²) in [6.45, 7) is -0.587. The van der Waals surface area contributed by atoms with Crippen molar-refractivity contribution in [2.45, 2.75) is 19.3 Å². The minimum absolute atomic E-state index is 0.167. The largest absolute Gasteiger partial charge is 0.408 e. The molecule has 0 radical (unpaired) electrons. The van der Waals surface area contributed by atoms with Gasteiger partial charge in [0.05, 0.1) is 32.2 Å². The third kappa shape index (κ3) is 5.09. The van der Waals surface area contributed by atoms with Crippen LogP contribution in [0.3, 0.4) is 0 Å². The molecule has 1 atom stereocenters. The molecule has 18 heavy (non-hydrogen) atoms. The van der Waals surface area contributed by atoms with Crippen LogP contribution in [0.4, 0.5) is 0 Å². The first kappa shape index (κ1) is 17.6. The molecule has 5 N–H and O–H groups in total. The number of rotatable bonds is 8. The summed E-state index contributed by atoms with van der Waals surface area (Å²) in [7, 11) is 0. The molecule has 0 spiro atoms. The van der Waals surface area contributed by atoms with E-state index in [1.54, 1.807) is 0 Å². The second-order valence-electron chi connectivity index (χ2n) is 4.40. The Kier molecular flexibility index (Phi) is 7.11. The van der Waals surface area contributed by atoms with Gasteiger partial charge in [0.25, 0.3) is 0 Å². The lowest BCUT2D eigenvalue weighted by Crippen LogP contribution is -2.46. The molecule has 0 amide bonds. The van der Waals surface area contributed by atoms with E-state index < -0.39 is 49.5 Å². The van der Waals surface area contributed by atoms with Gasteiger partial charge < -0.3 is 30.3 Å². The van der Waals surface area contributed by atoms with E-state index >= 15 is 0 Å². The molecule has 0 aromatic carbocycles. The Morgan fingerprint density at radius 3 is 2.00 bits per heavy atom. The van der Waals surface area contributed by atoms with Crippen molar-refractivity contribution in [1.29, 1.82) is 0 Å². The van der Waals surface area contributed by atoms with Crippen molar-refractivity contribution in [3.63, 3.8) is 0 Å². The predicted octanol–water partition coefficient (Wildman–Crippen LogP) is -1.91. The molecule has 0 fully saturated rings. The summed E-state index contributed by atoms with van der Waals surface area (Å²) in [6.07, 6.45) is -0.714. The number of carbonyl (C=O) groups is 1. The first-order valence-electron chi connectivity index (χ1n) is 5.37. The molecule has 1 unspecified atom stereocenters. The zero-order chi connectivity index (χ0) is 14.4.